The second-order valence-electron chi connectivity index (χ2n) is 5.81. The Bertz CT molecular complexity index is 726. The fourth-order valence-corrected chi connectivity index (χ4v) is 3.19. The van der Waals surface area contributed by atoms with Gasteiger partial charge in [0, 0.05) is 41.7 Å². The number of rotatable bonds is 3. The van der Waals surface area contributed by atoms with E-state index in [9.17, 15) is 4.39 Å². The molecule has 0 atom stereocenters. The molecule has 0 fully saturated rings. The fraction of sp³-hybridized carbons (Fsp3) is 0.353. The first-order valence-corrected chi connectivity index (χ1v) is 7.58. The van der Waals surface area contributed by atoms with Crippen LogP contribution in [0.1, 0.15) is 35.9 Å². The van der Waals surface area contributed by atoms with Crippen molar-refractivity contribution in [2.75, 3.05) is 6.54 Å². The number of hydrogen-bond acceptors (Lipinski definition) is 3. The van der Waals surface area contributed by atoms with Crippen molar-refractivity contribution in [1.82, 2.24) is 15.1 Å². The number of aromatic amines is 1. The number of benzene rings is 1. The van der Waals surface area contributed by atoms with Crippen LogP contribution < -0.4 is 5.73 Å². The van der Waals surface area contributed by atoms with Crippen LogP contribution in [0.25, 0.3) is 16.8 Å². The zero-order chi connectivity index (χ0) is 15.9. The first-order chi connectivity index (χ1) is 10.5. The summed E-state index contributed by atoms with van der Waals surface area (Å²) in [6, 6.07) is 3.27. The monoisotopic (exact) mass is 300 g/mol. The van der Waals surface area contributed by atoms with E-state index in [2.05, 4.69) is 22.0 Å². The van der Waals surface area contributed by atoms with Crippen LogP contribution in [0.5, 0.6) is 0 Å². The Balaban J connectivity index is 2.22. The number of nitrogens with two attached hydrogens (primary N) is 1. The first-order valence-electron chi connectivity index (χ1n) is 7.58. The van der Waals surface area contributed by atoms with Gasteiger partial charge in [-0.1, -0.05) is 6.92 Å². The molecular weight excluding hydrogens is 279 g/mol. The lowest BCUT2D eigenvalue weighted by Crippen LogP contribution is -2.25. The van der Waals surface area contributed by atoms with Gasteiger partial charge in [0.1, 0.15) is 5.82 Å². The summed E-state index contributed by atoms with van der Waals surface area (Å²) in [6.07, 6.45) is 2.98. The van der Waals surface area contributed by atoms with Crippen molar-refractivity contribution < 1.29 is 4.39 Å². The Morgan fingerprint density at radius 2 is 2.09 bits per heavy atom. The molecule has 2 heterocycles. The summed E-state index contributed by atoms with van der Waals surface area (Å²) in [5.41, 5.74) is 11.9. The van der Waals surface area contributed by atoms with Crippen LogP contribution in [0, 0.1) is 19.7 Å². The number of nitrogens with one attached hydrogen (secondary N) is 1. The molecule has 0 saturated carbocycles. The largest absolute Gasteiger partial charge is 0.397 e. The number of aromatic nitrogens is 2. The Kier molecular flexibility index (Phi) is 3.64. The quantitative estimate of drug-likeness (QED) is 0.914. The molecule has 0 spiro atoms. The maximum atomic E-state index is 14.6. The van der Waals surface area contributed by atoms with E-state index in [0.717, 1.165) is 41.0 Å². The third kappa shape index (κ3) is 2.26. The molecule has 1 aromatic carbocycles. The molecule has 0 bridgehead atoms. The molecule has 4 nitrogen and oxygen atoms in total. The third-order valence-corrected chi connectivity index (χ3v) is 4.14. The molecule has 0 saturated heterocycles. The molecule has 0 amide bonds. The highest BCUT2D eigenvalue weighted by Gasteiger charge is 2.24. The van der Waals surface area contributed by atoms with Gasteiger partial charge in [-0.05, 0) is 38.0 Å². The second kappa shape index (κ2) is 5.48. The van der Waals surface area contributed by atoms with Crippen molar-refractivity contribution in [2.45, 2.75) is 33.7 Å². The van der Waals surface area contributed by atoms with Crippen molar-refractivity contribution in [3.05, 3.63) is 46.7 Å². The van der Waals surface area contributed by atoms with E-state index in [0.29, 0.717) is 17.8 Å². The minimum Gasteiger partial charge on any atom is -0.397 e. The maximum absolute atomic E-state index is 14.6. The SMILES string of the molecule is CCCN1C=C(N)c2ccc(F)c(-c3c(C)n[nH]c3C)c2C1. The van der Waals surface area contributed by atoms with Gasteiger partial charge in [-0.25, -0.2) is 4.39 Å². The fourth-order valence-electron chi connectivity index (χ4n) is 3.19. The minimum atomic E-state index is -0.225. The van der Waals surface area contributed by atoms with E-state index >= 15 is 0 Å². The van der Waals surface area contributed by atoms with Gasteiger partial charge in [-0.3, -0.25) is 5.10 Å². The Labute approximate surface area is 129 Å². The Morgan fingerprint density at radius 3 is 2.73 bits per heavy atom. The lowest BCUT2D eigenvalue weighted by atomic mass is 9.90. The van der Waals surface area contributed by atoms with Crippen LogP contribution in [-0.2, 0) is 6.54 Å². The molecule has 0 aliphatic carbocycles. The van der Waals surface area contributed by atoms with Gasteiger partial charge in [0.15, 0.2) is 0 Å². The Morgan fingerprint density at radius 1 is 1.32 bits per heavy atom. The average Bonchev–Trinajstić information content (AvgIpc) is 2.79. The lowest BCUT2D eigenvalue weighted by molar-refractivity contribution is 0.364. The predicted molar refractivity (Wildman–Crippen MR) is 86.3 cm³/mol. The number of fused-ring (bicyclic) bond motifs is 1. The molecule has 116 valence electrons. The molecule has 3 rings (SSSR count). The van der Waals surface area contributed by atoms with E-state index < -0.39 is 0 Å². The molecule has 2 aromatic rings. The van der Waals surface area contributed by atoms with Gasteiger partial charge in [-0.15, -0.1) is 0 Å². The van der Waals surface area contributed by atoms with Crippen molar-refractivity contribution in [2.24, 2.45) is 5.73 Å². The van der Waals surface area contributed by atoms with Gasteiger partial charge in [0.05, 0.1) is 11.4 Å². The number of halogens is 1. The molecule has 0 radical (unpaired) electrons. The first kappa shape index (κ1) is 14.6. The number of hydrogen-bond donors (Lipinski definition) is 2. The lowest BCUT2D eigenvalue weighted by Gasteiger charge is -2.29. The van der Waals surface area contributed by atoms with E-state index in [1.807, 2.05) is 20.0 Å². The second-order valence-corrected chi connectivity index (χ2v) is 5.81. The normalized spacial score (nSPS) is 14.0. The number of aryl methyl sites for hydroxylation is 2. The van der Waals surface area contributed by atoms with Gasteiger partial charge in [0.25, 0.3) is 0 Å². The summed E-state index contributed by atoms with van der Waals surface area (Å²) in [6.45, 7) is 7.50. The highest BCUT2D eigenvalue weighted by molar-refractivity contribution is 5.79. The molecular formula is C17H21FN4. The smallest absolute Gasteiger partial charge is 0.131 e. The summed E-state index contributed by atoms with van der Waals surface area (Å²) < 4.78 is 14.6. The van der Waals surface area contributed by atoms with Crippen LogP contribution in [0.4, 0.5) is 4.39 Å². The van der Waals surface area contributed by atoms with E-state index in [1.54, 1.807) is 6.07 Å². The summed E-state index contributed by atoms with van der Waals surface area (Å²) >= 11 is 0. The topological polar surface area (TPSA) is 57.9 Å². The van der Waals surface area contributed by atoms with Gasteiger partial charge in [-0.2, -0.15) is 5.10 Å². The minimum absolute atomic E-state index is 0.225. The molecule has 5 heteroatoms. The standard InChI is InChI=1S/C17H21FN4/c1-4-7-22-8-13-12(15(19)9-22)5-6-14(18)17(13)16-10(2)20-21-11(16)3/h5-6,9H,4,7-8,19H2,1-3H3,(H,20,21). The van der Waals surface area contributed by atoms with E-state index in [1.165, 1.54) is 6.07 Å². The molecule has 22 heavy (non-hydrogen) atoms. The summed E-state index contributed by atoms with van der Waals surface area (Å²) in [5.74, 6) is -0.225. The average molecular weight is 300 g/mol. The van der Waals surface area contributed by atoms with Crippen LogP contribution in [0.3, 0.4) is 0 Å². The zero-order valence-corrected chi connectivity index (χ0v) is 13.2. The van der Waals surface area contributed by atoms with Crippen LogP contribution >= 0.6 is 0 Å². The van der Waals surface area contributed by atoms with Crippen LogP contribution in [-0.4, -0.2) is 21.6 Å². The molecule has 0 unspecified atom stereocenters. The van der Waals surface area contributed by atoms with Gasteiger partial charge in [0.2, 0.25) is 0 Å². The van der Waals surface area contributed by atoms with E-state index in [4.69, 9.17) is 5.73 Å². The highest BCUT2D eigenvalue weighted by Crippen LogP contribution is 2.37. The van der Waals surface area contributed by atoms with Gasteiger partial charge < -0.3 is 10.6 Å². The number of nitrogens with zero attached hydrogens (tertiary/aromatic N) is 2. The van der Waals surface area contributed by atoms with Crippen molar-refractivity contribution in [3.63, 3.8) is 0 Å². The van der Waals surface area contributed by atoms with Crippen LogP contribution in [0.2, 0.25) is 0 Å². The van der Waals surface area contributed by atoms with Crippen LogP contribution in [0.15, 0.2) is 18.3 Å². The van der Waals surface area contributed by atoms with Crippen molar-refractivity contribution in [3.8, 4) is 11.1 Å². The van der Waals surface area contributed by atoms with Crippen molar-refractivity contribution in [1.29, 1.82) is 0 Å². The third-order valence-electron chi connectivity index (χ3n) is 4.14. The summed E-state index contributed by atoms with van der Waals surface area (Å²) in [4.78, 5) is 2.14. The van der Waals surface area contributed by atoms with E-state index in [-0.39, 0.29) is 5.82 Å². The predicted octanol–water partition coefficient (Wildman–Crippen LogP) is 3.32. The molecule has 3 N–H and O–H groups in total. The Hall–Kier alpha value is -2.30. The molecule has 1 aliphatic heterocycles. The van der Waals surface area contributed by atoms with Gasteiger partial charge >= 0.3 is 0 Å². The highest BCUT2D eigenvalue weighted by atomic mass is 19.1. The molecule has 1 aromatic heterocycles. The zero-order valence-electron chi connectivity index (χ0n) is 13.2. The molecule has 1 aliphatic rings. The maximum Gasteiger partial charge on any atom is 0.131 e. The van der Waals surface area contributed by atoms with Crippen molar-refractivity contribution >= 4 is 5.70 Å². The number of H-pyrrole nitrogens is 1. The summed E-state index contributed by atoms with van der Waals surface area (Å²) in [5, 5.41) is 7.15. The summed E-state index contributed by atoms with van der Waals surface area (Å²) in [7, 11) is 0.